The molecule has 53 heavy (non-hydrogen) atoms. The van der Waals surface area contributed by atoms with E-state index in [1.807, 2.05) is 0 Å². The summed E-state index contributed by atoms with van der Waals surface area (Å²) in [6, 6.07) is 49.2. The quantitative estimate of drug-likeness (QED) is 0.138. The molecule has 0 aliphatic heterocycles. The van der Waals surface area contributed by atoms with Crippen LogP contribution in [-0.4, -0.2) is 4.98 Å². The average molecular weight is 674 g/mol. The Bertz CT molecular complexity index is 3120. The molecule has 0 spiro atoms. The smallest absolute Gasteiger partial charge is 0.135 e. The Morgan fingerprint density at radius 1 is 0.528 bits per heavy atom. The molecule has 10 aromatic rings. The van der Waals surface area contributed by atoms with Gasteiger partial charge in [0.2, 0.25) is 0 Å². The van der Waals surface area contributed by atoms with Crippen LogP contribution in [0.1, 0.15) is 11.3 Å². The van der Waals surface area contributed by atoms with Crippen LogP contribution in [-0.2, 0) is 6.42 Å². The predicted molar refractivity (Wildman–Crippen MR) is 222 cm³/mol. The Kier molecular flexibility index (Phi) is 5.92. The molecule has 2 aliphatic carbocycles. The van der Waals surface area contributed by atoms with Crippen molar-refractivity contribution in [3.63, 3.8) is 0 Å². The fourth-order valence-corrected chi connectivity index (χ4v) is 9.33. The Balaban J connectivity index is 1.00. The molecule has 2 heteroatoms. The second-order valence-electron chi connectivity index (χ2n) is 14.6. The van der Waals surface area contributed by atoms with Gasteiger partial charge in [0.25, 0.3) is 0 Å². The van der Waals surface area contributed by atoms with E-state index in [4.69, 9.17) is 9.40 Å². The van der Waals surface area contributed by atoms with E-state index < -0.39 is 0 Å². The van der Waals surface area contributed by atoms with Crippen molar-refractivity contribution < 1.29 is 4.42 Å². The van der Waals surface area contributed by atoms with Crippen LogP contribution >= 0.6 is 0 Å². The van der Waals surface area contributed by atoms with E-state index in [0.717, 1.165) is 34.6 Å². The Labute approximate surface area is 306 Å². The van der Waals surface area contributed by atoms with Crippen LogP contribution in [0, 0.1) is 5.92 Å². The molecule has 8 aromatic carbocycles. The van der Waals surface area contributed by atoms with Gasteiger partial charge in [-0.3, -0.25) is 4.98 Å². The monoisotopic (exact) mass is 673 g/mol. The maximum absolute atomic E-state index is 6.33. The molecular weight excluding hydrogens is 643 g/mol. The summed E-state index contributed by atoms with van der Waals surface area (Å²) in [4.78, 5) is 5.11. The highest BCUT2D eigenvalue weighted by atomic mass is 16.3. The van der Waals surface area contributed by atoms with Crippen molar-refractivity contribution in [3.8, 4) is 33.5 Å². The largest absolute Gasteiger partial charge is 0.456 e. The van der Waals surface area contributed by atoms with E-state index >= 15 is 0 Å². The molecule has 2 nitrogen and oxygen atoms in total. The zero-order valence-electron chi connectivity index (χ0n) is 28.8. The van der Waals surface area contributed by atoms with Gasteiger partial charge in [-0.1, -0.05) is 121 Å². The summed E-state index contributed by atoms with van der Waals surface area (Å²) >= 11 is 0. The zero-order chi connectivity index (χ0) is 34.6. The molecule has 0 amide bonds. The van der Waals surface area contributed by atoms with Gasteiger partial charge in [-0.05, 0) is 125 Å². The van der Waals surface area contributed by atoms with Gasteiger partial charge in [0, 0.05) is 34.2 Å². The Hall–Kier alpha value is -6.77. The molecule has 12 rings (SSSR count). The van der Waals surface area contributed by atoms with E-state index in [-0.39, 0.29) is 0 Å². The average Bonchev–Trinajstić information content (AvgIpc) is 3.57. The van der Waals surface area contributed by atoms with Gasteiger partial charge in [-0.2, -0.15) is 0 Å². The van der Waals surface area contributed by atoms with E-state index in [1.165, 1.54) is 87.1 Å². The minimum absolute atomic E-state index is 0.403. The highest BCUT2D eigenvalue weighted by Gasteiger charge is 2.25. The van der Waals surface area contributed by atoms with E-state index in [1.54, 1.807) is 0 Å². The highest BCUT2D eigenvalue weighted by molar-refractivity contribution is 6.26. The SMILES string of the molecule is C1=CC2=Cc3oc4ccc(-c5ccc(-c6c7ccccc7c(-c7cc8ccc9cccc%10ccc(c7)c8c9%10)c7ccccc67)cn5)cc4c3CC2C=C1. The first-order valence-electron chi connectivity index (χ1n) is 18.5. The van der Waals surface area contributed by atoms with Gasteiger partial charge in [0.05, 0.1) is 5.69 Å². The summed E-state index contributed by atoms with van der Waals surface area (Å²) in [6.07, 6.45) is 14.0. The molecule has 2 aliphatic rings. The van der Waals surface area contributed by atoms with Gasteiger partial charge in [0.1, 0.15) is 11.3 Å². The summed E-state index contributed by atoms with van der Waals surface area (Å²) in [6.45, 7) is 0. The number of pyridine rings is 1. The van der Waals surface area contributed by atoms with E-state index in [9.17, 15) is 0 Å². The number of nitrogens with zero attached hydrogens (tertiary/aromatic N) is 1. The lowest BCUT2D eigenvalue weighted by molar-refractivity contribution is 0.586. The molecule has 1 atom stereocenters. The first kappa shape index (κ1) is 28.9. The number of hydrogen-bond acceptors (Lipinski definition) is 2. The topological polar surface area (TPSA) is 26.0 Å². The van der Waals surface area contributed by atoms with Crippen LogP contribution in [0.5, 0.6) is 0 Å². The number of hydrogen-bond donors (Lipinski definition) is 0. The molecule has 0 fully saturated rings. The minimum Gasteiger partial charge on any atom is -0.456 e. The predicted octanol–water partition coefficient (Wildman–Crippen LogP) is 13.7. The lowest BCUT2D eigenvalue weighted by Gasteiger charge is -2.20. The van der Waals surface area contributed by atoms with E-state index in [2.05, 4.69) is 170 Å². The molecule has 0 saturated heterocycles. The Morgan fingerprint density at radius 2 is 1.17 bits per heavy atom. The van der Waals surface area contributed by atoms with Crippen LogP contribution in [0.15, 0.2) is 174 Å². The molecule has 0 radical (unpaired) electrons. The van der Waals surface area contributed by atoms with Crippen molar-refractivity contribution in [2.75, 3.05) is 0 Å². The first-order chi connectivity index (χ1) is 26.2. The molecule has 246 valence electrons. The van der Waals surface area contributed by atoms with Gasteiger partial charge in [-0.15, -0.1) is 0 Å². The van der Waals surface area contributed by atoms with E-state index in [0.29, 0.717) is 5.92 Å². The zero-order valence-corrected chi connectivity index (χ0v) is 28.8. The molecule has 0 N–H and O–H groups in total. The molecule has 0 bridgehead atoms. The standard InChI is InChI=1S/C51H31NO/c1-2-9-33-28-47-44(26-32(33)8-1)43-27-34(21-23-46(43)53-47)45-22-20-37(29-52-45)50-39-12-3-5-14-41(39)51(42-15-6-4-13-40(42)50)38-24-35-18-16-30-10-7-11-31-17-19-36(25-38)49(35)48(30)31/h1-25,27-29,32H,26H2. The number of furan rings is 1. The maximum atomic E-state index is 6.33. The Morgan fingerprint density at radius 3 is 1.85 bits per heavy atom. The summed E-state index contributed by atoms with van der Waals surface area (Å²) in [5.74, 6) is 1.39. The third-order valence-electron chi connectivity index (χ3n) is 11.7. The highest BCUT2D eigenvalue weighted by Crippen LogP contribution is 2.46. The van der Waals surface area contributed by atoms with Crippen molar-refractivity contribution in [2.45, 2.75) is 6.42 Å². The normalized spacial score (nSPS) is 15.2. The fourth-order valence-electron chi connectivity index (χ4n) is 9.33. The van der Waals surface area contributed by atoms with Crippen LogP contribution in [0.25, 0.3) is 104 Å². The third kappa shape index (κ3) is 4.24. The minimum atomic E-state index is 0.403. The molecular formula is C51H31NO. The third-order valence-corrected chi connectivity index (χ3v) is 11.7. The molecule has 2 heterocycles. The van der Waals surface area contributed by atoms with Crippen molar-refractivity contribution >= 4 is 70.9 Å². The number of aromatic nitrogens is 1. The van der Waals surface area contributed by atoms with Gasteiger partial charge in [-0.25, -0.2) is 0 Å². The summed E-state index contributed by atoms with van der Waals surface area (Å²) in [7, 11) is 0. The van der Waals surface area contributed by atoms with Gasteiger partial charge < -0.3 is 4.42 Å². The molecule has 1 unspecified atom stereocenters. The van der Waals surface area contributed by atoms with Gasteiger partial charge in [0.15, 0.2) is 0 Å². The van der Waals surface area contributed by atoms with Crippen LogP contribution in [0.4, 0.5) is 0 Å². The van der Waals surface area contributed by atoms with Crippen molar-refractivity contribution in [3.05, 3.63) is 181 Å². The van der Waals surface area contributed by atoms with Crippen LogP contribution < -0.4 is 0 Å². The van der Waals surface area contributed by atoms with Crippen molar-refractivity contribution in [1.29, 1.82) is 0 Å². The van der Waals surface area contributed by atoms with Crippen LogP contribution in [0.2, 0.25) is 0 Å². The number of allylic oxidation sites excluding steroid dienone is 5. The fraction of sp³-hybridized carbons (Fsp3) is 0.0392. The van der Waals surface area contributed by atoms with Gasteiger partial charge >= 0.3 is 0 Å². The summed E-state index contributed by atoms with van der Waals surface area (Å²) < 4.78 is 6.33. The lowest BCUT2D eigenvalue weighted by Crippen LogP contribution is -2.10. The first-order valence-corrected chi connectivity index (χ1v) is 18.5. The number of rotatable bonds is 3. The maximum Gasteiger partial charge on any atom is 0.135 e. The lowest BCUT2D eigenvalue weighted by atomic mass is 9.83. The second kappa shape index (κ2) is 10.9. The summed E-state index contributed by atoms with van der Waals surface area (Å²) in [5.41, 5.74) is 10.4. The molecule has 0 saturated carbocycles. The van der Waals surface area contributed by atoms with Crippen molar-refractivity contribution in [2.24, 2.45) is 5.92 Å². The second-order valence-corrected chi connectivity index (χ2v) is 14.6. The number of fused-ring (bicyclic) bond motifs is 6. The molecule has 2 aromatic heterocycles. The summed E-state index contributed by atoms with van der Waals surface area (Å²) in [5, 5.41) is 14.0. The van der Waals surface area contributed by atoms with Crippen molar-refractivity contribution in [1.82, 2.24) is 4.98 Å². The number of benzene rings is 8. The van der Waals surface area contributed by atoms with Crippen LogP contribution in [0.3, 0.4) is 0 Å².